The molecule has 3 heteroatoms. The van der Waals surface area contributed by atoms with Crippen molar-refractivity contribution in [2.45, 2.75) is 18.8 Å². The minimum atomic E-state index is 0.757. The third kappa shape index (κ3) is 0.744. The maximum absolute atomic E-state index is 4.39. The Morgan fingerprint density at radius 1 is 1.55 bits per heavy atom. The third-order valence-corrected chi connectivity index (χ3v) is 2.93. The van der Waals surface area contributed by atoms with Gasteiger partial charge in [0.1, 0.15) is 10.7 Å². The number of hydrogen-bond donors (Lipinski definition) is 0. The van der Waals surface area contributed by atoms with Crippen molar-refractivity contribution in [3.63, 3.8) is 0 Å². The first kappa shape index (κ1) is 5.77. The van der Waals surface area contributed by atoms with E-state index in [-0.39, 0.29) is 0 Å². The van der Waals surface area contributed by atoms with Crippen molar-refractivity contribution in [3.05, 3.63) is 23.6 Å². The van der Waals surface area contributed by atoms with Gasteiger partial charge in [-0.05, 0) is 12.8 Å². The Bertz CT molecular complexity index is 383. The van der Waals surface area contributed by atoms with Gasteiger partial charge in [0.2, 0.25) is 0 Å². The quantitative estimate of drug-likeness (QED) is 0.632. The first-order valence-corrected chi connectivity index (χ1v) is 4.73. The fourth-order valence-electron chi connectivity index (χ4n) is 1.40. The Morgan fingerprint density at radius 3 is 3.27 bits per heavy atom. The molecule has 0 bridgehead atoms. The molecule has 2 nitrogen and oxygen atoms in total. The van der Waals surface area contributed by atoms with E-state index in [1.54, 1.807) is 11.3 Å². The first-order chi connectivity index (χ1) is 5.45. The molecule has 0 aliphatic heterocycles. The van der Waals surface area contributed by atoms with Crippen LogP contribution in [-0.4, -0.2) is 9.38 Å². The molecule has 2 aromatic heterocycles. The Kier molecular flexibility index (Phi) is 0.973. The number of fused-ring (bicyclic) bond motifs is 1. The van der Waals surface area contributed by atoms with Crippen LogP contribution in [-0.2, 0) is 0 Å². The van der Waals surface area contributed by atoms with Gasteiger partial charge in [-0.1, -0.05) is 0 Å². The molecule has 0 aromatic carbocycles. The SMILES string of the molecule is c1cn2c(C3CC3)ncc2s1. The third-order valence-electron chi connectivity index (χ3n) is 2.13. The van der Waals surface area contributed by atoms with Crippen molar-refractivity contribution >= 4 is 16.2 Å². The van der Waals surface area contributed by atoms with Crippen molar-refractivity contribution in [2.24, 2.45) is 0 Å². The molecular weight excluding hydrogens is 156 g/mol. The average Bonchev–Trinajstić information content (AvgIpc) is 2.63. The zero-order valence-corrected chi connectivity index (χ0v) is 6.84. The highest BCUT2D eigenvalue weighted by molar-refractivity contribution is 7.15. The summed E-state index contributed by atoms with van der Waals surface area (Å²) in [6.07, 6.45) is 6.74. The Hall–Kier alpha value is -0.830. The molecule has 1 saturated carbocycles. The fourth-order valence-corrected chi connectivity index (χ4v) is 2.10. The van der Waals surface area contributed by atoms with E-state index in [0.717, 1.165) is 5.92 Å². The highest BCUT2D eigenvalue weighted by atomic mass is 32.1. The van der Waals surface area contributed by atoms with E-state index in [2.05, 4.69) is 21.0 Å². The van der Waals surface area contributed by atoms with E-state index in [1.807, 2.05) is 6.20 Å². The molecule has 1 aliphatic rings. The Labute approximate surface area is 68.5 Å². The van der Waals surface area contributed by atoms with E-state index in [4.69, 9.17) is 0 Å². The summed E-state index contributed by atoms with van der Waals surface area (Å²) >= 11 is 1.75. The Morgan fingerprint density at radius 2 is 2.45 bits per heavy atom. The van der Waals surface area contributed by atoms with Crippen LogP contribution in [0.25, 0.3) is 4.83 Å². The summed E-state index contributed by atoms with van der Waals surface area (Å²) in [5.41, 5.74) is 0. The summed E-state index contributed by atoms with van der Waals surface area (Å²) in [6.45, 7) is 0. The largest absolute Gasteiger partial charge is 0.294 e. The highest BCUT2D eigenvalue weighted by Crippen LogP contribution is 2.39. The smallest absolute Gasteiger partial charge is 0.119 e. The van der Waals surface area contributed by atoms with Gasteiger partial charge in [-0.15, -0.1) is 11.3 Å². The lowest BCUT2D eigenvalue weighted by Crippen LogP contribution is -1.87. The normalized spacial score (nSPS) is 17.8. The molecule has 0 spiro atoms. The summed E-state index contributed by atoms with van der Waals surface area (Å²) in [7, 11) is 0. The molecule has 2 heterocycles. The molecule has 0 saturated heterocycles. The molecule has 3 rings (SSSR count). The van der Waals surface area contributed by atoms with E-state index >= 15 is 0 Å². The Balaban J connectivity index is 2.31. The number of rotatable bonds is 1. The van der Waals surface area contributed by atoms with Crippen LogP contribution >= 0.6 is 11.3 Å². The topological polar surface area (TPSA) is 17.3 Å². The molecule has 56 valence electrons. The fraction of sp³-hybridized carbons (Fsp3) is 0.375. The van der Waals surface area contributed by atoms with E-state index in [1.165, 1.54) is 23.5 Å². The second-order valence-corrected chi connectivity index (χ2v) is 3.93. The summed E-state index contributed by atoms with van der Waals surface area (Å²) in [5, 5.41) is 2.11. The molecule has 0 N–H and O–H groups in total. The van der Waals surface area contributed by atoms with Gasteiger partial charge in [-0.3, -0.25) is 4.40 Å². The second-order valence-electron chi connectivity index (χ2n) is 3.00. The molecule has 2 aromatic rings. The van der Waals surface area contributed by atoms with Gasteiger partial charge in [0.05, 0.1) is 6.20 Å². The summed E-state index contributed by atoms with van der Waals surface area (Å²) in [6, 6.07) is 0. The lowest BCUT2D eigenvalue weighted by molar-refractivity contribution is 0.927. The van der Waals surface area contributed by atoms with Gasteiger partial charge in [0.25, 0.3) is 0 Å². The summed E-state index contributed by atoms with van der Waals surface area (Å²) in [4.78, 5) is 5.66. The van der Waals surface area contributed by atoms with Crippen LogP contribution in [0.4, 0.5) is 0 Å². The van der Waals surface area contributed by atoms with Crippen LogP contribution < -0.4 is 0 Å². The summed E-state index contributed by atoms with van der Waals surface area (Å²) < 4.78 is 2.21. The molecule has 11 heavy (non-hydrogen) atoms. The van der Waals surface area contributed by atoms with Crippen LogP contribution in [0.2, 0.25) is 0 Å². The monoisotopic (exact) mass is 164 g/mol. The van der Waals surface area contributed by atoms with Gasteiger partial charge in [0, 0.05) is 17.5 Å². The second kappa shape index (κ2) is 1.85. The van der Waals surface area contributed by atoms with Crippen molar-refractivity contribution in [1.82, 2.24) is 9.38 Å². The molecule has 0 atom stereocenters. The minimum absolute atomic E-state index is 0.757. The number of aromatic nitrogens is 2. The number of hydrogen-bond acceptors (Lipinski definition) is 2. The van der Waals surface area contributed by atoms with Crippen LogP contribution in [0.1, 0.15) is 24.6 Å². The lowest BCUT2D eigenvalue weighted by Gasteiger charge is -1.90. The minimum Gasteiger partial charge on any atom is -0.294 e. The predicted molar refractivity (Wildman–Crippen MR) is 45.0 cm³/mol. The van der Waals surface area contributed by atoms with Crippen LogP contribution in [0, 0.1) is 0 Å². The maximum Gasteiger partial charge on any atom is 0.119 e. The molecule has 1 fully saturated rings. The van der Waals surface area contributed by atoms with E-state index in [9.17, 15) is 0 Å². The number of thiazole rings is 1. The van der Waals surface area contributed by atoms with Gasteiger partial charge >= 0.3 is 0 Å². The van der Waals surface area contributed by atoms with Gasteiger partial charge in [-0.25, -0.2) is 4.98 Å². The predicted octanol–water partition coefficient (Wildman–Crippen LogP) is 2.27. The van der Waals surface area contributed by atoms with Crippen molar-refractivity contribution in [3.8, 4) is 0 Å². The number of imidazole rings is 1. The maximum atomic E-state index is 4.39. The molecule has 0 amide bonds. The van der Waals surface area contributed by atoms with Gasteiger partial charge in [0.15, 0.2) is 0 Å². The molecular formula is C8H8N2S. The molecule has 1 aliphatic carbocycles. The first-order valence-electron chi connectivity index (χ1n) is 3.85. The zero-order chi connectivity index (χ0) is 7.26. The lowest BCUT2D eigenvalue weighted by atomic mass is 10.4. The van der Waals surface area contributed by atoms with Crippen molar-refractivity contribution in [2.75, 3.05) is 0 Å². The zero-order valence-electron chi connectivity index (χ0n) is 6.03. The van der Waals surface area contributed by atoms with Crippen molar-refractivity contribution < 1.29 is 0 Å². The molecule has 0 unspecified atom stereocenters. The molecule has 0 radical (unpaired) electrons. The summed E-state index contributed by atoms with van der Waals surface area (Å²) in [5.74, 6) is 2.02. The van der Waals surface area contributed by atoms with Gasteiger partial charge < -0.3 is 0 Å². The van der Waals surface area contributed by atoms with E-state index in [0.29, 0.717) is 0 Å². The van der Waals surface area contributed by atoms with Crippen LogP contribution in [0.3, 0.4) is 0 Å². The standard InChI is InChI=1S/C8H8N2S/c1-2-6(1)8-9-5-7-10(8)3-4-11-7/h3-6H,1-2H2. The van der Waals surface area contributed by atoms with E-state index < -0.39 is 0 Å². The highest BCUT2D eigenvalue weighted by Gasteiger charge is 2.27. The van der Waals surface area contributed by atoms with Crippen molar-refractivity contribution in [1.29, 1.82) is 0 Å². The average molecular weight is 164 g/mol. The number of nitrogens with zero attached hydrogens (tertiary/aromatic N) is 2. The van der Waals surface area contributed by atoms with Gasteiger partial charge in [-0.2, -0.15) is 0 Å². The van der Waals surface area contributed by atoms with Crippen LogP contribution in [0.5, 0.6) is 0 Å². The van der Waals surface area contributed by atoms with Crippen LogP contribution in [0.15, 0.2) is 17.8 Å².